The average molecular weight is 278 g/mol. The average Bonchev–Trinajstić information content (AvgIpc) is 2.83. The molecule has 0 radical (unpaired) electrons. The Labute approximate surface area is 114 Å². The zero-order chi connectivity index (χ0) is 13.7. The summed E-state index contributed by atoms with van der Waals surface area (Å²) in [6.45, 7) is 2.00. The maximum absolute atomic E-state index is 10.4. The van der Waals surface area contributed by atoms with Gasteiger partial charge in [-0.2, -0.15) is 4.68 Å². The zero-order valence-electron chi connectivity index (χ0n) is 10.5. The van der Waals surface area contributed by atoms with Crippen molar-refractivity contribution in [2.75, 3.05) is 5.75 Å². The Bertz CT molecular complexity index is 570. The van der Waals surface area contributed by atoms with Crippen molar-refractivity contribution in [1.82, 2.24) is 20.2 Å². The molecule has 0 bridgehead atoms. The van der Waals surface area contributed by atoms with Crippen molar-refractivity contribution < 1.29 is 9.90 Å². The molecule has 100 valence electrons. The number of para-hydroxylation sites is 1. The summed E-state index contributed by atoms with van der Waals surface area (Å²) >= 11 is 1.46. The summed E-state index contributed by atoms with van der Waals surface area (Å²) in [4.78, 5) is 10.4. The van der Waals surface area contributed by atoms with Gasteiger partial charge in [0.1, 0.15) is 0 Å². The molecule has 1 heterocycles. The van der Waals surface area contributed by atoms with E-state index in [4.69, 9.17) is 5.11 Å². The Balaban J connectivity index is 2.06. The third-order valence-corrected chi connectivity index (χ3v) is 3.56. The Morgan fingerprint density at radius 3 is 2.95 bits per heavy atom. The van der Waals surface area contributed by atoms with Gasteiger partial charge in [0, 0.05) is 12.2 Å². The quantitative estimate of drug-likeness (QED) is 0.642. The number of aliphatic carboxylic acids is 1. The van der Waals surface area contributed by atoms with E-state index in [1.807, 2.05) is 31.2 Å². The number of carboxylic acid groups (broad SMARTS) is 1. The summed E-state index contributed by atoms with van der Waals surface area (Å²) in [5, 5.41) is 20.9. The molecule has 0 aliphatic carbocycles. The molecule has 0 aliphatic heterocycles. The SMILES string of the molecule is Cc1ccccc1-n1nnnc1SCCCC(=O)O. The summed E-state index contributed by atoms with van der Waals surface area (Å²) < 4.78 is 1.68. The predicted octanol–water partition coefficient (Wildman–Crippen LogP) is 1.93. The molecular formula is C12H14N4O2S. The third-order valence-electron chi connectivity index (χ3n) is 2.55. The summed E-state index contributed by atoms with van der Waals surface area (Å²) in [5.41, 5.74) is 2.02. The van der Waals surface area contributed by atoms with E-state index in [2.05, 4.69) is 15.5 Å². The highest BCUT2D eigenvalue weighted by Gasteiger charge is 2.10. The molecule has 0 atom stereocenters. The van der Waals surface area contributed by atoms with E-state index in [1.54, 1.807) is 4.68 Å². The smallest absolute Gasteiger partial charge is 0.303 e. The minimum atomic E-state index is -0.779. The number of carboxylic acids is 1. The molecule has 0 aliphatic rings. The summed E-state index contributed by atoms with van der Waals surface area (Å²) in [5.74, 6) is -0.0995. The Kier molecular flexibility index (Phi) is 4.51. The largest absolute Gasteiger partial charge is 0.481 e. The number of rotatable bonds is 6. The standard InChI is InChI=1S/C12H14N4O2S/c1-9-5-2-3-6-10(9)16-12(13-14-15-16)19-8-4-7-11(17)18/h2-3,5-6H,4,7-8H2,1H3,(H,17,18). The van der Waals surface area contributed by atoms with Gasteiger partial charge in [0.15, 0.2) is 0 Å². The Morgan fingerprint density at radius 2 is 2.21 bits per heavy atom. The molecule has 0 amide bonds. The van der Waals surface area contributed by atoms with Gasteiger partial charge in [-0.3, -0.25) is 4.79 Å². The number of carbonyl (C=O) groups is 1. The fourth-order valence-corrected chi connectivity index (χ4v) is 2.43. The number of aryl methyl sites for hydroxylation is 1. The van der Waals surface area contributed by atoms with Crippen molar-refractivity contribution in [3.05, 3.63) is 29.8 Å². The second-order valence-electron chi connectivity index (χ2n) is 4.01. The predicted molar refractivity (Wildman–Crippen MR) is 71.5 cm³/mol. The maximum atomic E-state index is 10.4. The molecule has 6 nitrogen and oxygen atoms in total. The minimum absolute atomic E-state index is 0.166. The van der Waals surface area contributed by atoms with Crippen molar-refractivity contribution in [3.8, 4) is 5.69 Å². The molecule has 0 saturated carbocycles. The van der Waals surface area contributed by atoms with Gasteiger partial charge >= 0.3 is 5.97 Å². The van der Waals surface area contributed by atoms with Crippen LogP contribution in [0.3, 0.4) is 0 Å². The molecule has 7 heteroatoms. The van der Waals surface area contributed by atoms with E-state index in [-0.39, 0.29) is 6.42 Å². The third kappa shape index (κ3) is 3.54. The lowest BCUT2D eigenvalue weighted by atomic mass is 10.2. The maximum Gasteiger partial charge on any atom is 0.303 e. The highest BCUT2D eigenvalue weighted by molar-refractivity contribution is 7.99. The highest BCUT2D eigenvalue weighted by Crippen LogP contribution is 2.21. The van der Waals surface area contributed by atoms with Crippen LogP contribution in [0.4, 0.5) is 0 Å². The van der Waals surface area contributed by atoms with Gasteiger partial charge in [-0.05, 0) is 35.4 Å². The van der Waals surface area contributed by atoms with Crippen LogP contribution in [0.5, 0.6) is 0 Å². The van der Waals surface area contributed by atoms with Crippen LogP contribution in [-0.4, -0.2) is 37.0 Å². The molecule has 1 N–H and O–H groups in total. The summed E-state index contributed by atoms with van der Waals surface area (Å²) in [7, 11) is 0. The molecule has 0 unspecified atom stereocenters. The van der Waals surface area contributed by atoms with Gasteiger partial charge in [-0.1, -0.05) is 30.0 Å². The lowest BCUT2D eigenvalue weighted by molar-refractivity contribution is -0.137. The van der Waals surface area contributed by atoms with Crippen LogP contribution in [0.1, 0.15) is 18.4 Å². The van der Waals surface area contributed by atoms with Crippen molar-refractivity contribution in [1.29, 1.82) is 0 Å². The second kappa shape index (κ2) is 6.33. The Hall–Kier alpha value is -1.89. The monoisotopic (exact) mass is 278 g/mol. The first-order valence-corrected chi connectivity index (χ1v) is 6.86. The molecule has 0 saturated heterocycles. The van der Waals surface area contributed by atoms with E-state index in [0.717, 1.165) is 11.3 Å². The van der Waals surface area contributed by atoms with E-state index in [0.29, 0.717) is 17.3 Å². The molecule has 19 heavy (non-hydrogen) atoms. The number of thioether (sulfide) groups is 1. The number of aromatic nitrogens is 4. The molecule has 0 spiro atoms. The molecule has 2 rings (SSSR count). The molecule has 1 aromatic heterocycles. The molecule has 0 fully saturated rings. The van der Waals surface area contributed by atoms with Crippen LogP contribution in [0.2, 0.25) is 0 Å². The van der Waals surface area contributed by atoms with Crippen LogP contribution in [0, 0.1) is 6.92 Å². The van der Waals surface area contributed by atoms with Crippen molar-refractivity contribution in [2.24, 2.45) is 0 Å². The van der Waals surface area contributed by atoms with Gasteiger partial charge in [-0.15, -0.1) is 5.10 Å². The lowest BCUT2D eigenvalue weighted by Crippen LogP contribution is -2.02. The first-order chi connectivity index (χ1) is 9.18. The topological polar surface area (TPSA) is 80.9 Å². The van der Waals surface area contributed by atoms with Crippen LogP contribution in [-0.2, 0) is 4.79 Å². The summed E-state index contributed by atoms with van der Waals surface area (Å²) in [6, 6.07) is 7.84. The van der Waals surface area contributed by atoms with Gasteiger partial charge in [0.05, 0.1) is 5.69 Å². The zero-order valence-corrected chi connectivity index (χ0v) is 11.3. The van der Waals surface area contributed by atoms with Crippen LogP contribution < -0.4 is 0 Å². The number of benzene rings is 1. The molecule has 2 aromatic rings. The van der Waals surface area contributed by atoms with Gasteiger partial charge in [-0.25, -0.2) is 0 Å². The van der Waals surface area contributed by atoms with Crippen LogP contribution in [0.15, 0.2) is 29.4 Å². The minimum Gasteiger partial charge on any atom is -0.481 e. The summed E-state index contributed by atoms with van der Waals surface area (Å²) in [6.07, 6.45) is 0.763. The number of nitrogens with zero attached hydrogens (tertiary/aromatic N) is 4. The number of tetrazole rings is 1. The number of hydrogen-bond donors (Lipinski definition) is 1. The normalized spacial score (nSPS) is 10.6. The molecular weight excluding hydrogens is 264 g/mol. The fourth-order valence-electron chi connectivity index (χ4n) is 1.61. The van der Waals surface area contributed by atoms with Crippen LogP contribution in [0.25, 0.3) is 5.69 Å². The van der Waals surface area contributed by atoms with Crippen molar-refractivity contribution in [2.45, 2.75) is 24.9 Å². The van der Waals surface area contributed by atoms with Crippen molar-refractivity contribution in [3.63, 3.8) is 0 Å². The fraction of sp³-hybridized carbons (Fsp3) is 0.333. The van der Waals surface area contributed by atoms with E-state index >= 15 is 0 Å². The van der Waals surface area contributed by atoms with Gasteiger partial charge < -0.3 is 5.11 Å². The lowest BCUT2D eigenvalue weighted by Gasteiger charge is -2.06. The first kappa shape index (κ1) is 13.5. The Morgan fingerprint density at radius 1 is 1.42 bits per heavy atom. The van der Waals surface area contributed by atoms with E-state index in [1.165, 1.54) is 11.8 Å². The molecule has 1 aromatic carbocycles. The second-order valence-corrected chi connectivity index (χ2v) is 5.07. The van der Waals surface area contributed by atoms with Gasteiger partial charge in [0.2, 0.25) is 5.16 Å². The van der Waals surface area contributed by atoms with Gasteiger partial charge in [0.25, 0.3) is 0 Å². The highest BCUT2D eigenvalue weighted by atomic mass is 32.2. The van der Waals surface area contributed by atoms with E-state index in [9.17, 15) is 4.79 Å². The van der Waals surface area contributed by atoms with Crippen molar-refractivity contribution >= 4 is 17.7 Å². The van der Waals surface area contributed by atoms with E-state index < -0.39 is 5.97 Å². The van der Waals surface area contributed by atoms with Crippen LogP contribution >= 0.6 is 11.8 Å². The first-order valence-electron chi connectivity index (χ1n) is 5.87. The number of hydrogen-bond acceptors (Lipinski definition) is 5.